The van der Waals surface area contributed by atoms with Gasteiger partial charge in [-0.1, -0.05) is 0 Å². The summed E-state index contributed by atoms with van der Waals surface area (Å²) in [5, 5.41) is 7.28. The summed E-state index contributed by atoms with van der Waals surface area (Å²) in [5.74, 6) is 1.09. The number of aromatic nitrogens is 2. The number of nitrogens with one attached hydrogen (secondary N) is 2. The molecule has 18 heavy (non-hydrogen) atoms. The molecule has 0 spiro atoms. The number of hydrogen-bond acceptors (Lipinski definition) is 4. The molecular formula is C11H20N4O2S. The maximum atomic E-state index is 11.9. The van der Waals surface area contributed by atoms with Gasteiger partial charge in [0, 0.05) is 19.3 Å². The zero-order valence-corrected chi connectivity index (χ0v) is 11.4. The predicted octanol–water partition coefficient (Wildman–Crippen LogP) is 0.551. The molecule has 6 nitrogen and oxygen atoms in total. The molecule has 0 saturated carbocycles. The van der Waals surface area contributed by atoms with Crippen molar-refractivity contribution in [2.75, 3.05) is 23.6 Å². The molecule has 1 aromatic heterocycles. The van der Waals surface area contributed by atoms with Crippen molar-refractivity contribution in [1.82, 2.24) is 15.1 Å². The Balaban J connectivity index is 1.83. The van der Waals surface area contributed by atoms with Gasteiger partial charge in [0.2, 0.25) is 10.0 Å². The van der Waals surface area contributed by atoms with E-state index < -0.39 is 10.0 Å². The minimum absolute atomic E-state index is 0.175. The first-order valence-electron chi connectivity index (χ1n) is 6.26. The summed E-state index contributed by atoms with van der Waals surface area (Å²) in [4.78, 5) is 0. The van der Waals surface area contributed by atoms with Gasteiger partial charge in [-0.3, -0.25) is 9.40 Å². The van der Waals surface area contributed by atoms with Crippen LogP contribution in [0.2, 0.25) is 0 Å². The van der Waals surface area contributed by atoms with Crippen molar-refractivity contribution in [2.24, 2.45) is 13.0 Å². The summed E-state index contributed by atoms with van der Waals surface area (Å²) in [7, 11) is -1.51. The maximum Gasteiger partial charge on any atom is 0.233 e. The number of piperidine rings is 1. The normalized spacial score (nSPS) is 17.8. The van der Waals surface area contributed by atoms with Crippen LogP contribution < -0.4 is 10.0 Å². The minimum atomic E-state index is -3.27. The highest BCUT2D eigenvalue weighted by Gasteiger charge is 2.18. The van der Waals surface area contributed by atoms with Crippen molar-refractivity contribution in [2.45, 2.75) is 19.3 Å². The summed E-state index contributed by atoms with van der Waals surface area (Å²) in [5.41, 5.74) is 0. The Bertz CT molecular complexity index is 477. The predicted molar refractivity (Wildman–Crippen MR) is 70.8 cm³/mol. The Kier molecular flexibility index (Phi) is 4.23. The molecule has 7 heteroatoms. The highest BCUT2D eigenvalue weighted by Crippen LogP contribution is 2.17. The second kappa shape index (κ2) is 5.71. The van der Waals surface area contributed by atoms with Gasteiger partial charge in [-0.2, -0.15) is 5.10 Å². The van der Waals surface area contributed by atoms with E-state index in [-0.39, 0.29) is 5.75 Å². The van der Waals surface area contributed by atoms with Gasteiger partial charge in [0.1, 0.15) is 0 Å². The first kappa shape index (κ1) is 13.4. The van der Waals surface area contributed by atoms with Crippen LogP contribution in [0.15, 0.2) is 12.3 Å². The summed E-state index contributed by atoms with van der Waals surface area (Å²) in [6.45, 7) is 2.00. The Hall–Kier alpha value is -1.08. The molecule has 2 rings (SSSR count). The van der Waals surface area contributed by atoms with Gasteiger partial charge in [-0.05, 0) is 38.3 Å². The van der Waals surface area contributed by atoms with E-state index in [0.29, 0.717) is 11.7 Å². The van der Waals surface area contributed by atoms with Crippen molar-refractivity contribution in [3.63, 3.8) is 0 Å². The third-order valence-corrected chi connectivity index (χ3v) is 4.52. The second-order valence-electron chi connectivity index (χ2n) is 4.78. The minimum Gasteiger partial charge on any atom is -0.317 e. The van der Waals surface area contributed by atoms with E-state index in [1.165, 1.54) is 0 Å². The van der Waals surface area contributed by atoms with Crippen molar-refractivity contribution < 1.29 is 8.42 Å². The lowest BCUT2D eigenvalue weighted by Gasteiger charge is -2.22. The lowest BCUT2D eigenvalue weighted by molar-refractivity contribution is 0.365. The summed E-state index contributed by atoms with van der Waals surface area (Å²) in [6.07, 6.45) is 4.58. The van der Waals surface area contributed by atoms with Crippen LogP contribution in [0.3, 0.4) is 0 Å². The van der Waals surface area contributed by atoms with E-state index in [1.54, 1.807) is 24.0 Å². The largest absolute Gasteiger partial charge is 0.317 e. The molecule has 1 aliphatic rings. The van der Waals surface area contributed by atoms with Gasteiger partial charge in [0.15, 0.2) is 5.82 Å². The van der Waals surface area contributed by atoms with E-state index in [4.69, 9.17) is 0 Å². The third-order valence-electron chi connectivity index (χ3n) is 3.23. The highest BCUT2D eigenvalue weighted by molar-refractivity contribution is 7.92. The van der Waals surface area contributed by atoms with E-state index in [1.807, 2.05) is 0 Å². The Morgan fingerprint density at radius 2 is 2.22 bits per heavy atom. The first-order valence-corrected chi connectivity index (χ1v) is 7.91. The molecule has 2 heterocycles. The lowest BCUT2D eigenvalue weighted by Crippen LogP contribution is -2.29. The zero-order valence-electron chi connectivity index (χ0n) is 10.6. The molecule has 0 radical (unpaired) electrons. The Morgan fingerprint density at radius 3 is 2.83 bits per heavy atom. The van der Waals surface area contributed by atoms with Crippen molar-refractivity contribution in [1.29, 1.82) is 0 Å². The van der Waals surface area contributed by atoms with E-state index in [9.17, 15) is 8.42 Å². The smallest absolute Gasteiger partial charge is 0.233 e. The van der Waals surface area contributed by atoms with Gasteiger partial charge in [-0.15, -0.1) is 0 Å². The summed E-state index contributed by atoms with van der Waals surface area (Å²) in [6, 6.07) is 1.65. The summed E-state index contributed by atoms with van der Waals surface area (Å²) < 4.78 is 27.8. The molecule has 0 bridgehead atoms. The first-order chi connectivity index (χ1) is 8.55. The highest BCUT2D eigenvalue weighted by atomic mass is 32.2. The average Bonchev–Trinajstić information content (AvgIpc) is 2.73. The van der Waals surface area contributed by atoms with Gasteiger partial charge in [-0.25, -0.2) is 8.42 Å². The van der Waals surface area contributed by atoms with Crippen molar-refractivity contribution in [3.05, 3.63) is 12.3 Å². The second-order valence-corrected chi connectivity index (χ2v) is 6.62. The average molecular weight is 272 g/mol. The quantitative estimate of drug-likeness (QED) is 0.821. The van der Waals surface area contributed by atoms with Crippen LogP contribution in [0, 0.1) is 5.92 Å². The van der Waals surface area contributed by atoms with E-state index >= 15 is 0 Å². The number of rotatable bonds is 5. The Morgan fingerprint density at radius 1 is 1.50 bits per heavy atom. The van der Waals surface area contributed by atoms with Gasteiger partial charge in [0.25, 0.3) is 0 Å². The van der Waals surface area contributed by atoms with E-state index in [0.717, 1.165) is 32.4 Å². The number of aryl methyl sites for hydroxylation is 1. The molecule has 0 atom stereocenters. The lowest BCUT2D eigenvalue weighted by atomic mass is 9.96. The standard InChI is InChI=1S/C11H20N4O2S/c1-15-8-4-11(13-15)14-18(16,17)9-5-10-2-6-12-7-3-10/h4,8,10,12H,2-3,5-7,9H2,1H3,(H,13,14). The van der Waals surface area contributed by atoms with Crippen molar-refractivity contribution >= 4 is 15.8 Å². The van der Waals surface area contributed by atoms with Gasteiger partial charge in [0.05, 0.1) is 5.75 Å². The number of hydrogen-bond donors (Lipinski definition) is 2. The van der Waals surface area contributed by atoms with Crippen LogP contribution in [-0.2, 0) is 17.1 Å². The van der Waals surface area contributed by atoms with Crippen LogP contribution in [0.25, 0.3) is 0 Å². The van der Waals surface area contributed by atoms with Crippen molar-refractivity contribution in [3.8, 4) is 0 Å². The molecule has 1 aliphatic heterocycles. The number of sulfonamides is 1. The maximum absolute atomic E-state index is 11.9. The fraction of sp³-hybridized carbons (Fsp3) is 0.727. The molecule has 0 aliphatic carbocycles. The zero-order chi connectivity index (χ0) is 13.0. The molecule has 1 fully saturated rings. The monoisotopic (exact) mass is 272 g/mol. The van der Waals surface area contributed by atoms with Gasteiger partial charge >= 0.3 is 0 Å². The molecule has 1 aromatic rings. The summed E-state index contributed by atoms with van der Waals surface area (Å²) >= 11 is 0. The molecule has 2 N–H and O–H groups in total. The van der Waals surface area contributed by atoms with Crippen LogP contribution in [0.4, 0.5) is 5.82 Å². The van der Waals surface area contributed by atoms with Crippen LogP contribution in [-0.4, -0.2) is 37.0 Å². The fourth-order valence-corrected chi connectivity index (χ4v) is 3.35. The van der Waals surface area contributed by atoms with E-state index in [2.05, 4.69) is 15.1 Å². The molecule has 102 valence electrons. The van der Waals surface area contributed by atoms with Crippen LogP contribution >= 0.6 is 0 Å². The van der Waals surface area contributed by atoms with Crippen LogP contribution in [0.5, 0.6) is 0 Å². The SMILES string of the molecule is Cn1ccc(NS(=O)(=O)CCC2CCNCC2)n1. The topological polar surface area (TPSA) is 76.0 Å². The molecular weight excluding hydrogens is 252 g/mol. The molecule has 0 amide bonds. The third kappa shape index (κ3) is 3.99. The van der Waals surface area contributed by atoms with Gasteiger partial charge < -0.3 is 5.32 Å². The molecule has 1 saturated heterocycles. The Labute approximate surface area is 108 Å². The number of anilines is 1. The molecule has 0 aromatic carbocycles. The van der Waals surface area contributed by atoms with Crippen LogP contribution in [0.1, 0.15) is 19.3 Å². The number of nitrogens with zero attached hydrogens (tertiary/aromatic N) is 2. The molecule has 0 unspecified atom stereocenters. The fourth-order valence-electron chi connectivity index (χ4n) is 2.17.